The second kappa shape index (κ2) is 3.49. The molecule has 0 saturated heterocycles. The van der Waals surface area contributed by atoms with E-state index in [0.717, 1.165) is 5.17 Å². The summed E-state index contributed by atoms with van der Waals surface area (Å²) >= 11 is 0. The van der Waals surface area contributed by atoms with Gasteiger partial charge in [0.2, 0.25) is 6.23 Å². The molecule has 1 rings (SSSR count). The quantitative estimate of drug-likeness (QED) is 0.578. The molecular formula is C7H10N2O3. The Balaban J connectivity index is 2.80. The first-order valence-corrected chi connectivity index (χ1v) is 3.61. The SMILES string of the molecule is CCON1N=C(C)C(=C=O)C1O. The molecule has 0 aliphatic carbocycles. The summed E-state index contributed by atoms with van der Waals surface area (Å²) in [6.45, 7) is 3.77. The van der Waals surface area contributed by atoms with Gasteiger partial charge >= 0.3 is 0 Å². The fourth-order valence-electron chi connectivity index (χ4n) is 0.912. The van der Waals surface area contributed by atoms with Crippen LogP contribution in [0, 0.1) is 0 Å². The van der Waals surface area contributed by atoms with Gasteiger partial charge in [-0.1, -0.05) is 0 Å². The van der Waals surface area contributed by atoms with Gasteiger partial charge in [-0.3, -0.25) is 4.84 Å². The molecule has 0 spiro atoms. The third-order valence-electron chi connectivity index (χ3n) is 1.48. The molecule has 1 atom stereocenters. The zero-order chi connectivity index (χ0) is 9.14. The van der Waals surface area contributed by atoms with Crippen LogP contribution in [0.5, 0.6) is 0 Å². The lowest BCUT2D eigenvalue weighted by atomic mass is 10.2. The van der Waals surface area contributed by atoms with E-state index in [1.807, 2.05) is 0 Å². The fraction of sp³-hybridized carbons (Fsp3) is 0.571. The van der Waals surface area contributed by atoms with Gasteiger partial charge in [0.25, 0.3) is 0 Å². The van der Waals surface area contributed by atoms with Crippen molar-refractivity contribution in [2.24, 2.45) is 5.10 Å². The van der Waals surface area contributed by atoms with Crippen molar-refractivity contribution in [3.63, 3.8) is 0 Å². The highest BCUT2D eigenvalue weighted by Gasteiger charge is 2.29. The molecule has 12 heavy (non-hydrogen) atoms. The molecular weight excluding hydrogens is 160 g/mol. The van der Waals surface area contributed by atoms with Crippen molar-refractivity contribution in [3.8, 4) is 0 Å². The predicted molar refractivity (Wildman–Crippen MR) is 41.8 cm³/mol. The van der Waals surface area contributed by atoms with Crippen LogP contribution in [-0.4, -0.2) is 34.8 Å². The van der Waals surface area contributed by atoms with Crippen molar-refractivity contribution in [2.45, 2.75) is 20.1 Å². The molecule has 1 unspecified atom stereocenters. The van der Waals surface area contributed by atoms with Gasteiger partial charge in [0.05, 0.1) is 12.3 Å². The Morgan fingerprint density at radius 2 is 2.50 bits per heavy atom. The number of hydrogen-bond acceptors (Lipinski definition) is 5. The van der Waals surface area contributed by atoms with E-state index in [1.165, 1.54) is 0 Å². The Morgan fingerprint density at radius 1 is 1.83 bits per heavy atom. The van der Waals surface area contributed by atoms with Crippen molar-refractivity contribution in [3.05, 3.63) is 5.57 Å². The van der Waals surface area contributed by atoms with Crippen LogP contribution in [-0.2, 0) is 9.63 Å². The van der Waals surface area contributed by atoms with E-state index < -0.39 is 6.23 Å². The molecule has 0 aromatic rings. The topological polar surface area (TPSA) is 62.1 Å². The van der Waals surface area contributed by atoms with E-state index in [2.05, 4.69) is 5.10 Å². The highest BCUT2D eigenvalue weighted by Crippen LogP contribution is 2.16. The van der Waals surface area contributed by atoms with Crippen LogP contribution in [0.3, 0.4) is 0 Å². The van der Waals surface area contributed by atoms with Crippen molar-refractivity contribution in [1.82, 2.24) is 5.17 Å². The van der Waals surface area contributed by atoms with E-state index in [-0.39, 0.29) is 5.57 Å². The highest BCUT2D eigenvalue weighted by atomic mass is 16.7. The maximum absolute atomic E-state index is 10.3. The average molecular weight is 170 g/mol. The van der Waals surface area contributed by atoms with E-state index in [4.69, 9.17) is 4.84 Å². The van der Waals surface area contributed by atoms with Gasteiger partial charge in [0.15, 0.2) is 0 Å². The Bertz CT molecular complexity index is 255. The van der Waals surface area contributed by atoms with E-state index in [1.54, 1.807) is 19.8 Å². The predicted octanol–water partition coefficient (Wildman–Crippen LogP) is -0.294. The van der Waals surface area contributed by atoms with Gasteiger partial charge in [-0.25, -0.2) is 4.79 Å². The molecule has 66 valence electrons. The van der Waals surface area contributed by atoms with E-state index in [9.17, 15) is 9.90 Å². The van der Waals surface area contributed by atoms with Crippen molar-refractivity contribution in [1.29, 1.82) is 0 Å². The van der Waals surface area contributed by atoms with E-state index >= 15 is 0 Å². The minimum absolute atomic E-state index is 0.128. The molecule has 5 nitrogen and oxygen atoms in total. The first kappa shape index (κ1) is 8.93. The maximum atomic E-state index is 10.3. The molecule has 5 heteroatoms. The molecule has 0 aromatic carbocycles. The first-order valence-electron chi connectivity index (χ1n) is 3.61. The molecule has 0 fully saturated rings. The van der Waals surface area contributed by atoms with Gasteiger partial charge in [0.1, 0.15) is 11.5 Å². The van der Waals surface area contributed by atoms with Crippen LogP contribution in [0.25, 0.3) is 0 Å². The number of rotatable bonds is 2. The lowest BCUT2D eigenvalue weighted by Gasteiger charge is -2.15. The van der Waals surface area contributed by atoms with Crippen molar-refractivity contribution in [2.75, 3.05) is 6.61 Å². The van der Waals surface area contributed by atoms with Gasteiger partial charge in [-0.05, 0) is 13.8 Å². The number of hydrogen-bond donors (Lipinski definition) is 1. The third kappa shape index (κ3) is 1.38. The normalized spacial score (nSPS) is 22.6. The average Bonchev–Trinajstić information content (AvgIpc) is 2.29. The summed E-state index contributed by atoms with van der Waals surface area (Å²) in [5, 5.41) is 14.1. The van der Waals surface area contributed by atoms with Crippen LogP contribution in [0.1, 0.15) is 13.8 Å². The van der Waals surface area contributed by atoms with E-state index in [0.29, 0.717) is 12.3 Å². The summed E-state index contributed by atoms with van der Waals surface area (Å²) in [5.74, 6) is 1.62. The lowest BCUT2D eigenvalue weighted by Crippen LogP contribution is -2.28. The number of nitrogens with zero attached hydrogens (tertiary/aromatic N) is 2. The standard InChI is InChI=1S/C7H10N2O3/c1-3-12-9-7(11)6(4-10)5(2)8-9/h7,11H,3H2,1-2H3. The smallest absolute Gasteiger partial charge is 0.208 e. The lowest BCUT2D eigenvalue weighted by molar-refractivity contribution is -0.216. The van der Waals surface area contributed by atoms with Gasteiger partial charge in [0, 0.05) is 0 Å². The largest absolute Gasteiger partial charge is 0.366 e. The second-order valence-electron chi connectivity index (χ2n) is 2.30. The summed E-state index contributed by atoms with van der Waals surface area (Å²) in [7, 11) is 0. The Labute approximate surface area is 69.9 Å². The van der Waals surface area contributed by atoms with Crippen molar-refractivity contribution < 1.29 is 14.7 Å². The summed E-state index contributed by atoms with van der Waals surface area (Å²) in [6, 6.07) is 0. The number of aliphatic hydroxyl groups is 1. The molecule has 1 N–H and O–H groups in total. The van der Waals surface area contributed by atoms with Crippen LogP contribution in [0.4, 0.5) is 0 Å². The monoisotopic (exact) mass is 170 g/mol. The number of carbonyl (C=O) groups excluding carboxylic acids is 1. The maximum Gasteiger partial charge on any atom is 0.208 e. The second-order valence-corrected chi connectivity index (χ2v) is 2.30. The number of hydroxylamine groups is 1. The molecule has 0 saturated carbocycles. The minimum atomic E-state index is -1.11. The summed E-state index contributed by atoms with van der Waals surface area (Å²) in [4.78, 5) is 15.2. The van der Waals surface area contributed by atoms with Crippen LogP contribution >= 0.6 is 0 Å². The number of aliphatic hydroxyl groups excluding tert-OH is 1. The fourth-order valence-corrected chi connectivity index (χ4v) is 0.912. The van der Waals surface area contributed by atoms with Gasteiger partial charge in [-0.15, -0.1) is 5.17 Å². The summed E-state index contributed by atoms with van der Waals surface area (Å²) in [6.07, 6.45) is -1.11. The minimum Gasteiger partial charge on any atom is -0.366 e. The van der Waals surface area contributed by atoms with Crippen LogP contribution in [0.2, 0.25) is 0 Å². The zero-order valence-electron chi connectivity index (χ0n) is 6.94. The van der Waals surface area contributed by atoms with Crippen molar-refractivity contribution >= 4 is 11.7 Å². The first-order chi connectivity index (χ1) is 5.70. The molecule has 0 amide bonds. The molecule has 1 heterocycles. The Kier molecular flexibility index (Phi) is 2.60. The Hall–Kier alpha value is -1.16. The van der Waals surface area contributed by atoms with Crippen LogP contribution < -0.4 is 0 Å². The highest BCUT2D eigenvalue weighted by molar-refractivity contribution is 6.06. The summed E-state index contributed by atoms with van der Waals surface area (Å²) in [5.41, 5.74) is 0.564. The van der Waals surface area contributed by atoms with Gasteiger partial charge < -0.3 is 5.11 Å². The third-order valence-corrected chi connectivity index (χ3v) is 1.48. The zero-order valence-corrected chi connectivity index (χ0v) is 6.94. The summed E-state index contributed by atoms with van der Waals surface area (Å²) < 4.78 is 0. The molecule has 0 radical (unpaired) electrons. The van der Waals surface area contributed by atoms with Crippen LogP contribution in [0.15, 0.2) is 10.7 Å². The van der Waals surface area contributed by atoms with Gasteiger partial charge in [-0.2, -0.15) is 5.10 Å². The molecule has 0 bridgehead atoms. The molecule has 0 aromatic heterocycles. The molecule has 1 aliphatic heterocycles. The molecule has 1 aliphatic rings. The Morgan fingerprint density at radius 3 is 2.92 bits per heavy atom. The number of hydrazone groups is 1.